The summed E-state index contributed by atoms with van der Waals surface area (Å²) in [4.78, 5) is 0. The van der Waals surface area contributed by atoms with Gasteiger partial charge >= 0.3 is 0 Å². The lowest BCUT2D eigenvalue weighted by Gasteiger charge is -2.37. The van der Waals surface area contributed by atoms with E-state index in [0.29, 0.717) is 12.5 Å². The van der Waals surface area contributed by atoms with Gasteiger partial charge in [0.05, 0.1) is 12.2 Å². The molecule has 1 aromatic carbocycles. The summed E-state index contributed by atoms with van der Waals surface area (Å²) < 4.78 is 5.95. The molecule has 1 N–H and O–H groups in total. The van der Waals surface area contributed by atoms with Crippen molar-refractivity contribution in [2.75, 3.05) is 13.1 Å². The maximum absolute atomic E-state index is 6.18. The highest BCUT2D eigenvalue weighted by atomic mass is 35.5. The van der Waals surface area contributed by atoms with E-state index in [-0.39, 0.29) is 18.0 Å². The van der Waals surface area contributed by atoms with Crippen molar-refractivity contribution in [2.45, 2.75) is 25.0 Å². The second-order valence-corrected chi connectivity index (χ2v) is 5.00. The van der Waals surface area contributed by atoms with Gasteiger partial charge in [-0.15, -0.1) is 12.4 Å². The fourth-order valence-corrected chi connectivity index (χ4v) is 2.92. The van der Waals surface area contributed by atoms with Gasteiger partial charge < -0.3 is 10.1 Å². The van der Waals surface area contributed by atoms with Gasteiger partial charge in [0.15, 0.2) is 0 Å². The molecule has 1 saturated heterocycles. The van der Waals surface area contributed by atoms with E-state index in [1.807, 2.05) is 12.1 Å². The van der Waals surface area contributed by atoms with E-state index in [4.69, 9.17) is 16.3 Å². The van der Waals surface area contributed by atoms with Crippen LogP contribution in [0.3, 0.4) is 0 Å². The van der Waals surface area contributed by atoms with Crippen molar-refractivity contribution >= 4 is 24.0 Å². The number of halogens is 2. The first-order chi connectivity index (χ1) is 7.21. The summed E-state index contributed by atoms with van der Waals surface area (Å²) in [7, 11) is 0. The summed E-state index contributed by atoms with van der Waals surface area (Å²) in [5.41, 5.74) is 2.49. The average Bonchev–Trinajstić information content (AvgIpc) is 2.60. The van der Waals surface area contributed by atoms with Crippen molar-refractivity contribution in [3.63, 3.8) is 0 Å². The highest BCUT2D eigenvalue weighted by Gasteiger charge is 2.44. The minimum absolute atomic E-state index is 0. The molecule has 0 aromatic heterocycles. The fraction of sp³-hybridized carbons (Fsp3) is 0.500. The smallest absolute Gasteiger partial charge is 0.0863 e. The van der Waals surface area contributed by atoms with Crippen LogP contribution >= 0.6 is 24.0 Å². The fourth-order valence-electron chi connectivity index (χ4n) is 2.69. The van der Waals surface area contributed by atoms with Crippen molar-refractivity contribution in [1.82, 2.24) is 5.32 Å². The molecule has 2 atom stereocenters. The zero-order valence-electron chi connectivity index (χ0n) is 9.13. The molecule has 0 radical (unpaired) electrons. The Bertz CT molecular complexity index is 410. The third-order valence-electron chi connectivity index (χ3n) is 3.64. The predicted octanol–water partition coefficient (Wildman–Crippen LogP) is 2.74. The SMILES string of the molecule is C[C@]12CNC[C@H]1c1cccc(Cl)c1CO2.Cl. The van der Waals surface area contributed by atoms with Gasteiger partial charge in [0.25, 0.3) is 0 Å². The minimum Gasteiger partial charge on any atom is -0.369 e. The Morgan fingerprint density at radius 2 is 2.31 bits per heavy atom. The van der Waals surface area contributed by atoms with E-state index < -0.39 is 0 Å². The first-order valence-corrected chi connectivity index (χ1v) is 5.70. The lowest BCUT2D eigenvalue weighted by Crippen LogP contribution is -2.39. The Hall–Kier alpha value is -0.280. The molecule has 1 fully saturated rings. The molecule has 16 heavy (non-hydrogen) atoms. The summed E-state index contributed by atoms with van der Waals surface area (Å²) in [6.45, 7) is 4.75. The molecular formula is C12H15Cl2NO. The topological polar surface area (TPSA) is 21.3 Å². The standard InChI is InChI=1S/C12H14ClNO.ClH/c1-12-7-14-5-10(12)8-3-2-4-11(13)9(8)6-15-12;/h2-4,10,14H,5-7H2,1H3;1H/t10-,12-;/m0./s1. The van der Waals surface area contributed by atoms with Crippen LogP contribution in [0.5, 0.6) is 0 Å². The minimum atomic E-state index is -0.0440. The molecule has 0 spiro atoms. The normalized spacial score (nSPS) is 31.5. The maximum Gasteiger partial charge on any atom is 0.0863 e. The molecular weight excluding hydrogens is 245 g/mol. The van der Waals surface area contributed by atoms with Gasteiger partial charge in [0.1, 0.15) is 0 Å². The monoisotopic (exact) mass is 259 g/mol. The van der Waals surface area contributed by atoms with Crippen molar-refractivity contribution in [1.29, 1.82) is 0 Å². The van der Waals surface area contributed by atoms with E-state index in [1.54, 1.807) is 0 Å². The number of fused-ring (bicyclic) bond motifs is 3. The van der Waals surface area contributed by atoms with Crippen molar-refractivity contribution in [3.05, 3.63) is 34.3 Å². The van der Waals surface area contributed by atoms with Crippen molar-refractivity contribution < 1.29 is 4.74 Å². The summed E-state index contributed by atoms with van der Waals surface area (Å²) in [5.74, 6) is 0.444. The van der Waals surface area contributed by atoms with E-state index >= 15 is 0 Å². The molecule has 3 rings (SSSR count). The third kappa shape index (κ3) is 1.65. The number of hydrogen-bond acceptors (Lipinski definition) is 2. The summed E-state index contributed by atoms with van der Waals surface area (Å²) in [6, 6.07) is 6.15. The molecule has 2 heterocycles. The zero-order chi connectivity index (χ0) is 10.5. The number of ether oxygens (including phenoxy) is 1. The summed E-state index contributed by atoms with van der Waals surface area (Å²) in [5, 5.41) is 4.23. The molecule has 0 saturated carbocycles. The van der Waals surface area contributed by atoms with Gasteiger partial charge in [0.2, 0.25) is 0 Å². The Kier molecular flexibility index (Phi) is 3.19. The van der Waals surface area contributed by atoms with Crippen LogP contribution < -0.4 is 5.32 Å². The van der Waals surface area contributed by atoms with Crippen molar-refractivity contribution in [2.24, 2.45) is 0 Å². The quantitative estimate of drug-likeness (QED) is 0.774. The van der Waals surface area contributed by atoms with Crippen LogP contribution in [-0.4, -0.2) is 18.7 Å². The van der Waals surface area contributed by atoms with Crippen LogP contribution in [0.1, 0.15) is 24.0 Å². The Labute approximate surface area is 107 Å². The van der Waals surface area contributed by atoms with Crippen LogP contribution in [0.25, 0.3) is 0 Å². The Balaban J connectivity index is 0.000000963. The number of nitrogens with one attached hydrogen (secondary N) is 1. The van der Waals surface area contributed by atoms with Crippen LogP contribution in [0.2, 0.25) is 5.02 Å². The first-order valence-electron chi connectivity index (χ1n) is 5.33. The second-order valence-electron chi connectivity index (χ2n) is 4.59. The lowest BCUT2D eigenvalue weighted by molar-refractivity contribution is -0.0517. The van der Waals surface area contributed by atoms with Crippen LogP contribution in [0, 0.1) is 0 Å². The molecule has 2 aliphatic rings. The number of hydrogen-bond donors (Lipinski definition) is 1. The highest BCUT2D eigenvalue weighted by molar-refractivity contribution is 6.31. The first kappa shape index (κ1) is 12.2. The third-order valence-corrected chi connectivity index (χ3v) is 3.99. The largest absolute Gasteiger partial charge is 0.369 e. The predicted molar refractivity (Wildman–Crippen MR) is 67.5 cm³/mol. The maximum atomic E-state index is 6.18. The Morgan fingerprint density at radius 3 is 3.12 bits per heavy atom. The van der Waals surface area contributed by atoms with E-state index in [2.05, 4.69) is 18.3 Å². The molecule has 1 aromatic rings. The van der Waals surface area contributed by atoms with Crippen LogP contribution in [0.15, 0.2) is 18.2 Å². The number of benzene rings is 1. The van der Waals surface area contributed by atoms with Gasteiger partial charge in [-0.1, -0.05) is 23.7 Å². The highest BCUT2D eigenvalue weighted by Crippen LogP contribution is 2.42. The molecule has 2 nitrogen and oxygen atoms in total. The number of rotatable bonds is 0. The van der Waals surface area contributed by atoms with Gasteiger partial charge in [-0.3, -0.25) is 0 Å². The molecule has 0 aliphatic carbocycles. The Morgan fingerprint density at radius 1 is 1.50 bits per heavy atom. The van der Waals surface area contributed by atoms with E-state index in [9.17, 15) is 0 Å². The van der Waals surface area contributed by atoms with E-state index in [0.717, 1.165) is 18.1 Å². The van der Waals surface area contributed by atoms with Gasteiger partial charge in [-0.05, 0) is 24.1 Å². The molecule has 0 bridgehead atoms. The van der Waals surface area contributed by atoms with Gasteiger partial charge in [-0.25, -0.2) is 0 Å². The zero-order valence-corrected chi connectivity index (χ0v) is 10.7. The molecule has 88 valence electrons. The molecule has 2 aliphatic heterocycles. The summed E-state index contributed by atoms with van der Waals surface area (Å²) in [6.07, 6.45) is 0. The average molecular weight is 260 g/mol. The van der Waals surface area contributed by atoms with Gasteiger partial charge in [0, 0.05) is 24.0 Å². The van der Waals surface area contributed by atoms with Crippen LogP contribution in [-0.2, 0) is 11.3 Å². The lowest BCUT2D eigenvalue weighted by atomic mass is 9.81. The summed E-state index contributed by atoms with van der Waals surface area (Å²) >= 11 is 6.18. The van der Waals surface area contributed by atoms with Crippen molar-refractivity contribution in [3.8, 4) is 0 Å². The molecule has 0 unspecified atom stereocenters. The second kappa shape index (κ2) is 4.19. The van der Waals surface area contributed by atoms with E-state index in [1.165, 1.54) is 11.1 Å². The molecule has 0 amide bonds. The van der Waals surface area contributed by atoms with Gasteiger partial charge in [-0.2, -0.15) is 0 Å². The van der Waals surface area contributed by atoms with Crippen LogP contribution in [0.4, 0.5) is 0 Å². The molecule has 4 heteroatoms.